The molecule has 1 aromatic rings. The van der Waals surface area contributed by atoms with Gasteiger partial charge in [0.05, 0.1) is 5.69 Å². The van der Waals surface area contributed by atoms with Gasteiger partial charge in [0.2, 0.25) is 5.91 Å². The highest BCUT2D eigenvalue weighted by atomic mass is 32.5. The Morgan fingerprint density at radius 3 is 2.06 bits per heavy atom. The first-order valence-corrected chi connectivity index (χ1v) is 5.96. The average Bonchev–Trinajstić information content (AvgIpc) is 1.99. The van der Waals surface area contributed by atoms with Gasteiger partial charge in [-0.3, -0.25) is 4.79 Å². The third kappa shape index (κ3) is 3.09. The SMILES string of the molecule is CC(=O)Nc1ccccc1S(F)(F)(F)(F)F. The van der Waals surface area contributed by atoms with Gasteiger partial charge in [0, 0.05) is 6.92 Å². The van der Waals surface area contributed by atoms with E-state index in [1.54, 1.807) is 5.32 Å². The molecule has 92 valence electrons. The van der Waals surface area contributed by atoms with E-state index < -0.39 is 26.7 Å². The van der Waals surface area contributed by atoms with Crippen LogP contribution in [0.25, 0.3) is 0 Å². The fourth-order valence-corrected chi connectivity index (χ4v) is 1.97. The number of para-hydroxylation sites is 1. The molecular formula is C8H8F5NOS. The minimum atomic E-state index is -9.77. The lowest BCUT2D eigenvalue weighted by Gasteiger charge is -2.41. The van der Waals surface area contributed by atoms with Crippen molar-refractivity contribution in [1.82, 2.24) is 0 Å². The van der Waals surface area contributed by atoms with Crippen LogP contribution in [-0.4, -0.2) is 5.91 Å². The van der Waals surface area contributed by atoms with Gasteiger partial charge in [0.25, 0.3) is 0 Å². The number of carbonyl (C=O) groups is 1. The summed E-state index contributed by atoms with van der Waals surface area (Å²) in [4.78, 5) is 8.51. The van der Waals surface area contributed by atoms with Crippen molar-refractivity contribution in [3.8, 4) is 0 Å². The Morgan fingerprint density at radius 2 is 1.62 bits per heavy atom. The quantitative estimate of drug-likeness (QED) is 0.790. The summed E-state index contributed by atoms with van der Waals surface area (Å²) in [6.45, 7) is 0.933. The van der Waals surface area contributed by atoms with E-state index in [1.807, 2.05) is 0 Å². The van der Waals surface area contributed by atoms with E-state index in [1.165, 1.54) is 0 Å². The lowest BCUT2D eigenvalue weighted by molar-refractivity contribution is -0.114. The Morgan fingerprint density at radius 1 is 1.12 bits per heavy atom. The number of rotatable bonds is 2. The maximum absolute atomic E-state index is 12.5. The Bertz CT molecular complexity index is 440. The number of amides is 1. The van der Waals surface area contributed by atoms with Crippen LogP contribution in [0.1, 0.15) is 6.92 Å². The molecule has 1 N–H and O–H groups in total. The van der Waals surface area contributed by atoms with Gasteiger partial charge < -0.3 is 5.32 Å². The van der Waals surface area contributed by atoms with Crippen molar-refractivity contribution in [3.05, 3.63) is 24.3 Å². The van der Waals surface area contributed by atoms with Crippen LogP contribution in [0.2, 0.25) is 0 Å². The molecule has 0 bridgehead atoms. The van der Waals surface area contributed by atoms with Gasteiger partial charge >= 0.3 is 10.2 Å². The summed E-state index contributed by atoms with van der Waals surface area (Å²) in [7, 11) is -9.77. The van der Waals surface area contributed by atoms with Crippen molar-refractivity contribution in [1.29, 1.82) is 0 Å². The fourth-order valence-electron chi connectivity index (χ4n) is 1.10. The van der Waals surface area contributed by atoms with Crippen LogP contribution in [0.5, 0.6) is 0 Å². The highest BCUT2D eigenvalue weighted by Gasteiger charge is 2.66. The Balaban J connectivity index is 3.42. The molecule has 16 heavy (non-hydrogen) atoms. The molecule has 2 nitrogen and oxygen atoms in total. The van der Waals surface area contributed by atoms with Crippen LogP contribution in [0.3, 0.4) is 0 Å². The molecule has 0 radical (unpaired) electrons. The highest BCUT2D eigenvalue weighted by molar-refractivity contribution is 8.45. The molecule has 0 saturated heterocycles. The lowest BCUT2D eigenvalue weighted by atomic mass is 10.3. The third-order valence-electron chi connectivity index (χ3n) is 1.61. The Labute approximate surface area is 88.2 Å². The second-order valence-electron chi connectivity index (χ2n) is 3.15. The summed E-state index contributed by atoms with van der Waals surface area (Å²) in [6.07, 6.45) is 0. The molecule has 8 heteroatoms. The van der Waals surface area contributed by atoms with E-state index in [4.69, 9.17) is 0 Å². The van der Waals surface area contributed by atoms with Crippen LogP contribution in [0.4, 0.5) is 25.1 Å². The lowest BCUT2D eigenvalue weighted by Crippen LogP contribution is -2.13. The topological polar surface area (TPSA) is 29.1 Å². The van der Waals surface area contributed by atoms with Crippen molar-refractivity contribution in [2.24, 2.45) is 0 Å². The molecule has 1 rings (SSSR count). The normalized spacial score (nSPS) is 16.1. The minimum absolute atomic E-state index is 0.243. The number of nitrogens with one attached hydrogen (secondary N) is 1. The molecule has 0 saturated carbocycles. The first-order chi connectivity index (χ1) is 6.90. The molecule has 0 heterocycles. The summed E-state index contributed by atoms with van der Waals surface area (Å²) in [5.74, 6) is -0.853. The molecule has 1 amide bonds. The number of hydrogen-bond acceptors (Lipinski definition) is 1. The van der Waals surface area contributed by atoms with E-state index in [0.717, 1.165) is 25.1 Å². The smallest absolute Gasteiger partial charge is 0.312 e. The molecule has 0 atom stereocenters. The zero-order valence-electron chi connectivity index (χ0n) is 8.02. The van der Waals surface area contributed by atoms with Crippen molar-refractivity contribution in [2.45, 2.75) is 11.8 Å². The van der Waals surface area contributed by atoms with Gasteiger partial charge in [-0.2, -0.15) is 0 Å². The molecule has 0 aromatic heterocycles. The molecular weight excluding hydrogens is 253 g/mol. The Kier molecular flexibility index (Phi) is 2.29. The summed E-state index contributed by atoms with van der Waals surface area (Å²) >= 11 is 0. The second kappa shape index (κ2) is 2.88. The van der Waals surface area contributed by atoms with Gasteiger partial charge in [-0.05, 0) is 12.1 Å². The average molecular weight is 261 g/mol. The maximum Gasteiger partial charge on any atom is 0.312 e. The van der Waals surface area contributed by atoms with E-state index in [0.29, 0.717) is 0 Å². The monoisotopic (exact) mass is 261 g/mol. The van der Waals surface area contributed by atoms with Crippen LogP contribution < -0.4 is 5.32 Å². The summed E-state index contributed by atoms with van der Waals surface area (Å²) in [6, 6.07) is 2.97. The number of hydrogen-bond donors (Lipinski definition) is 1. The standard InChI is InChI=1S/C8H8F5NOS/c1-6(15)14-7-4-2-3-5-8(7)16(9,10,11,12)13/h2-5H,1H3,(H,14,15). The van der Waals surface area contributed by atoms with Gasteiger partial charge in [-0.1, -0.05) is 31.6 Å². The van der Waals surface area contributed by atoms with Crippen LogP contribution in [0.15, 0.2) is 29.2 Å². The third-order valence-corrected chi connectivity index (χ3v) is 2.80. The zero-order valence-corrected chi connectivity index (χ0v) is 8.83. The maximum atomic E-state index is 12.5. The van der Waals surface area contributed by atoms with E-state index in [-0.39, 0.29) is 6.07 Å². The van der Waals surface area contributed by atoms with Crippen LogP contribution in [-0.2, 0) is 4.79 Å². The van der Waals surface area contributed by atoms with Crippen molar-refractivity contribution >= 4 is 21.8 Å². The highest BCUT2D eigenvalue weighted by Crippen LogP contribution is 3.02. The molecule has 0 fully saturated rings. The van der Waals surface area contributed by atoms with Crippen molar-refractivity contribution in [2.75, 3.05) is 5.32 Å². The second-order valence-corrected chi connectivity index (χ2v) is 5.52. The minimum Gasteiger partial charge on any atom is -0.325 e. The zero-order chi connectivity index (χ0) is 12.7. The molecule has 1 aromatic carbocycles. The summed E-state index contributed by atoms with van der Waals surface area (Å²) in [5, 5.41) is 1.72. The largest absolute Gasteiger partial charge is 0.325 e. The molecule has 0 aliphatic carbocycles. The van der Waals surface area contributed by atoms with E-state index >= 15 is 0 Å². The molecule has 0 spiro atoms. The summed E-state index contributed by atoms with van der Waals surface area (Å²) in [5.41, 5.74) is -0.936. The fraction of sp³-hybridized carbons (Fsp3) is 0.125. The first kappa shape index (κ1) is 12.8. The number of halogens is 5. The predicted molar refractivity (Wildman–Crippen MR) is 52.1 cm³/mol. The van der Waals surface area contributed by atoms with Crippen LogP contribution in [0, 0.1) is 0 Å². The number of benzene rings is 1. The number of carbonyl (C=O) groups excluding carboxylic acids is 1. The van der Waals surface area contributed by atoms with Crippen molar-refractivity contribution < 1.29 is 24.2 Å². The molecule has 0 aliphatic heterocycles. The predicted octanol–water partition coefficient (Wildman–Crippen LogP) is 4.30. The Hall–Kier alpha value is -1.31. The number of anilines is 1. The first-order valence-electron chi connectivity index (χ1n) is 4.01. The van der Waals surface area contributed by atoms with E-state index in [2.05, 4.69) is 0 Å². The summed E-state index contributed by atoms with van der Waals surface area (Å²) < 4.78 is 62.5. The molecule has 0 unspecified atom stereocenters. The van der Waals surface area contributed by atoms with Crippen molar-refractivity contribution in [3.63, 3.8) is 0 Å². The van der Waals surface area contributed by atoms with Gasteiger partial charge in [-0.25, -0.2) is 0 Å². The van der Waals surface area contributed by atoms with Gasteiger partial charge in [-0.15, -0.1) is 0 Å². The van der Waals surface area contributed by atoms with Crippen LogP contribution >= 0.6 is 10.2 Å². The van der Waals surface area contributed by atoms with Gasteiger partial charge in [0.1, 0.15) is 4.90 Å². The van der Waals surface area contributed by atoms with E-state index in [9.17, 15) is 24.2 Å². The van der Waals surface area contributed by atoms with Gasteiger partial charge in [0.15, 0.2) is 0 Å². The molecule has 0 aliphatic rings.